The Morgan fingerprint density at radius 2 is 1.97 bits per heavy atom. The topological polar surface area (TPSA) is 86.3 Å². The number of rotatable bonds is 5. The van der Waals surface area contributed by atoms with E-state index in [-0.39, 0.29) is 23.1 Å². The van der Waals surface area contributed by atoms with Gasteiger partial charge in [-0.3, -0.25) is 9.36 Å². The van der Waals surface area contributed by atoms with Crippen LogP contribution in [0.4, 0.5) is 24.8 Å². The van der Waals surface area contributed by atoms with Gasteiger partial charge in [-0.25, -0.2) is 15.0 Å². The lowest BCUT2D eigenvalue weighted by atomic mass is 9.76. The van der Waals surface area contributed by atoms with Crippen molar-refractivity contribution in [1.29, 1.82) is 0 Å². The Bertz CT molecular complexity index is 1090. The normalized spacial score (nSPS) is 18.3. The van der Waals surface area contributed by atoms with Crippen LogP contribution in [0.5, 0.6) is 0 Å². The van der Waals surface area contributed by atoms with E-state index >= 15 is 0 Å². The molecule has 11 heteroatoms. The SMILES string of the molecule is Cc1nn(C2(c3ncnn3C)CCC2)cc1Nc1ncc(C(F)(F)F)c(C2CC2)n1. The summed E-state index contributed by atoms with van der Waals surface area (Å²) >= 11 is 0. The highest BCUT2D eigenvalue weighted by Crippen LogP contribution is 2.46. The molecule has 3 heterocycles. The summed E-state index contributed by atoms with van der Waals surface area (Å²) in [7, 11) is 1.85. The molecule has 8 nitrogen and oxygen atoms in total. The molecule has 0 bridgehead atoms. The van der Waals surface area contributed by atoms with Crippen molar-refractivity contribution in [2.24, 2.45) is 7.05 Å². The maximum absolute atomic E-state index is 13.3. The van der Waals surface area contributed by atoms with E-state index in [0.717, 1.165) is 44.1 Å². The van der Waals surface area contributed by atoms with Crippen LogP contribution >= 0.6 is 0 Å². The van der Waals surface area contributed by atoms with Crippen molar-refractivity contribution < 1.29 is 13.2 Å². The molecule has 0 spiro atoms. The van der Waals surface area contributed by atoms with E-state index in [2.05, 4.69) is 30.5 Å². The van der Waals surface area contributed by atoms with Crippen LogP contribution in [0.15, 0.2) is 18.7 Å². The molecule has 0 atom stereocenters. The molecule has 30 heavy (non-hydrogen) atoms. The number of aromatic nitrogens is 7. The largest absolute Gasteiger partial charge is 0.419 e. The summed E-state index contributed by atoms with van der Waals surface area (Å²) in [6.45, 7) is 1.84. The fourth-order valence-corrected chi connectivity index (χ4v) is 4.05. The van der Waals surface area contributed by atoms with Crippen molar-refractivity contribution in [2.45, 2.75) is 56.7 Å². The number of nitrogens with one attached hydrogen (secondary N) is 1. The van der Waals surface area contributed by atoms with Crippen molar-refractivity contribution in [3.8, 4) is 0 Å². The number of aryl methyl sites for hydroxylation is 2. The Morgan fingerprint density at radius 1 is 1.20 bits per heavy atom. The molecule has 0 amide bonds. The molecule has 0 unspecified atom stereocenters. The fourth-order valence-electron chi connectivity index (χ4n) is 4.05. The summed E-state index contributed by atoms with van der Waals surface area (Å²) in [6, 6.07) is 0. The Morgan fingerprint density at radius 3 is 2.53 bits per heavy atom. The van der Waals surface area contributed by atoms with Crippen molar-refractivity contribution in [2.75, 3.05) is 5.32 Å². The third-order valence-corrected chi connectivity index (χ3v) is 5.98. The van der Waals surface area contributed by atoms with Gasteiger partial charge in [-0.2, -0.15) is 23.4 Å². The Hall–Kier alpha value is -2.98. The molecular formula is C19H21F3N8. The predicted octanol–water partition coefficient (Wildman–Crippen LogP) is 3.68. The van der Waals surface area contributed by atoms with E-state index < -0.39 is 11.7 Å². The van der Waals surface area contributed by atoms with Crippen LogP contribution in [0.25, 0.3) is 0 Å². The molecule has 2 saturated carbocycles. The highest BCUT2D eigenvalue weighted by molar-refractivity contribution is 5.56. The number of anilines is 2. The van der Waals surface area contributed by atoms with E-state index in [9.17, 15) is 13.2 Å². The molecule has 3 aromatic heterocycles. The minimum Gasteiger partial charge on any atom is -0.321 e. The van der Waals surface area contributed by atoms with Crippen molar-refractivity contribution in [1.82, 2.24) is 34.5 Å². The zero-order valence-corrected chi connectivity index (χ0v) is 16.6. The number of hydrogen-bond acceptors (Lipinski definition) is 6. The Balaban J connectivity index is 1.47. The second-order valence-electron chi connectivity index (χ2n) is 8.05. The third-order valence-electron chi connectivity index (χ3n) is 5.98. The van der Waals surface area contributed by atoms with Gasteiger partial charge in [0, 0.05) is 25.4 Å². The molecule has 3 aromatic rings. The van der Waals surface area contributed by atoms with Crippen molar-refractivity contribution in [3.05, 3.63) is 41.5 Å². The molecule has 2 aliphatic rings. The van der Waals surface area contributed by atoms with Crippen LogP contribution in [0.3, 0.4) is 0 Å². The first-order chi connectivity index (χ1) is 14.3. The van der Waals surface area contributed by atoms with Crippen molar-refractivity contribution in [3.63, 3.8) is 0 Å². The molecular weight excluding hydrogens is 397 g/mol. The second-order valence-corrected chi connectivity index (χ2v) is 8.05. The molecule has 5 rings (SSSR count). The predicted molar refractivity (Wildman–Crippen MR) is 101 cm³/mol. The molecule has 158 valence electrons. The quantitative estimate of drug-likeness (QED) is 0.680. The minimum atomic E-state index is -4.45. The second kappa shape index (κ2) is 6.51. The van der Waals surface area contributed by atoms with E-state index in [1.54, 1.807) is 4.68 Å². The van der Waals surface area contributed by atoms with Gasteiger partial charge in [0.15, 0.2) is 5.82 Å². The zero-order valence-electron chi connectivity index (χ0n) is 16.6. The molecule has 0 radical (unpaired) electrons. The van der Waals surface area contributed by atoms with Crippen LogP contribution in [-0.4, -0.2) is 34.5 Å². The smallest absolute Gasteiger partial charge is 0.321 e. The molecule has 0 saturated heterocycles. The number of hydrogen-bond donors (Lipinski definition) is 1. The third kappa shape index (κ3) is 3.03. The molecule has 0 aromatic carbocycles. The van der Waals surface area contributed by atoms with Gasteiger partial charge >= 0.3 is 6.18 Å². The summed E-state index contributed by atoms with van der Waals surface area (Å²) in [5.74, 6) is 0.835. The van der Waals surface area contributed by atoms with E-state index in [1.807, 2.05) is 24.9 Å². The Kier molecular flexibility index (Phi) is 4.13. The van der Waals surface area contributed by atoms with Gasteiger partial charge in [0.2, 0.25) is 5.95 Å². The highest BCUT2D eigenvalue weighted by Gasteiger charge is 2.45. The van der Waals surface area contributed by atoms with Gasteiger partial charge in [0.1, 0.15) is 11.9 Å². The average molecular weight is 418 g/mol. The van der Waals surface area contributed by atoms with Gasteiger partial charge < -0.3 is 5.32 Å². The Labute approximate surface area is 170 Å². The summed E-state index contributed by atoms with van der Waals surface area (Å²) < 4.78 is 43.5. The standard InChI is InChI=1S/C19H21F3N8/c1-11-14(9-30(28-11)18(6-3-7-18)16-24-10-25-29(16)2)26-17-23-8-13(19(20,21)22)15(27-17)12-4-5-12/h8-10,12H,3-7H2,1-2H3,(H,23,26,27). The maximum Gasteiger partial charge on any atom is 0.419 e. The van der Waals surface area contributed by atoms with E-state index in [1.165, 1.54) is 6.33 Å². The minimum absolute atomic E-state index is 0.0691. The zero-order chi connectivity index (χ0) is 21.1. The van der Waals surface area contributed by atoms with Crippen molar-refractivity contribution >= 4 is 11.6 Å². The number of nitrogens with zero attached hydrogens (tertiary/aromatic N) is 7. The first-order valence-corrected chi connectivity index (χ1v) is 9.90. The first-order valence-electron chi connectivity index (χ1n) is 9.90. The molecule has 0 aliphatic heterocycles. The molecule has 2 fully saturated rings. The lowest BCUT2D eigenvalue weighted by Gasteiger charge is -2.40. The molecule has 2 aliphatic carbocycles. The monoisotopic (exact) mass is 418 g/mol. The van der Waals surface area contributed by atoms with Gasteiger partial charge in [-0.05, 0) is 39.0 Å². The van der Waals surface area contributed by atoms with Gasteiger partial charge in [-0.15, -0.1) is 0 Å². The molecule has 1 N–H and O–H groups in total. The summed E-state index contributed by atoms with van der Waals surface area (Å²) in [5.41, 5.74) is 0.318. The van der Waals surface area contributed by atoms with Gasteiger partial charge in [-0.1, -0.05) is 0 Å². The first kappa shape index (κ1) is 19.0. The maximum atomic E-state index is 13.3. The summed E-state index contributed by atoms with van der Waals surface area (Å²) in [4.78, 5) is 12.5. The fraction of sp³-hybridized carbons (Fsp3) is 0.526. The van der Waals surface area contributed by atoms with Crippen LogP contribution in [0, 0.1) is 6.92 Å². The van der Waals surface area contributed by atoms with Crippen LogP contribution in [-0.2, 0) is 18.8 Å². The van der Waals surface area contributed by atoms with E-state index in [4.69, 9.17) is 0 Å². The van der Waals surface area contributed by atoms with Crippen LogP contribution in [0.2, 0.25) is 0 Å². The summed E-state index contributed by atoms with van der Waals surface area (Å²) in [5, 5.41) is 11.9. The highest BCUT2D eigenvalue weighted by atomic mass is 19.4. The average Bonchev–Trinajstić information content (AvgIpc) is 3.32. The summed E-state index contributed by atoms with van der Waals surface area (Å²) in [6.07, 6.45) is 4.07. The van der Waals surface area contributed by atoms with Crippen LogP contribution < -0.4 is 5.32 Å². The number of alkyl halides is 3. The van der Waals surface area contributed by atoms with Gasteiger partial charge in [0.05, 0.1) is 22.6 Å². The lowest BCUT2D eigenvalue weighted by Crippen LogP contribution is -2.44. The number of halogens is 3. The van der Waals surface area contributed by atoms with E-state index in [0.29, 0.717) is 11.4 Å². The van der Waals surface area contributed by atoms with Gasteiger partial charge in [0.25, 0.3) is 0 Å². The lowest BCUT2D eigenvalue weighted by molar-refractivity contribution is -0.138. The van der Waals surface area contributed by atoms with Crippen LogP contribution in [0.1, 0.15) is 60.8 Å².